The van der Waals surface area contributed by atoms with E-state index in [1.807, 2.05) is 41.0 Å². The van der Waals surface area contributed by atoms with Crippen LogP contribution >= 0.6 is 0 Å². The molecule has 0 radical (unpaired) electrons. The zero-order valence-corrected chi connectivity index (χ0v) is 13.7. The normalized spacial score (nSPS) is 18.0. The summed E-state index contributed by atoms with van der Waals surface area (Å²) in [4.78, 5) is 28.2. The third-order valence-corrected chi connectivity index (χ3v) is 4.46. The Morgan fingerprint density at radius 1 is 1.04 bits per heavy atom. The highest BCUT2D eigenvalue weighted by Gasteiger charge is 2.35. The van der Waals surface area contributed by atoms with E-state index in [1.165, 1.54) is 0 Å². The number of nitrogens with zero attached hydrogens (tertiary/aromatic N) is 2. The highest BCUT2D eigenvalue weighted by molar-refractivity contribution is 5.82. The molecule has 0 bridgehead atoms. The molecule has 1 aliphatic heterocycles. The number of carbonyl (C=O) groups is 2. The van der Waals surface area contributed by atoms with Gasteiger partial charge in [0.05, 0.1) is 13.0 Å². The molecule has 3 rings (SSSR count). The Bertz CT molecular complexity index is 558. The van der Waals surface area contributed by atoms with Crippen LogP contribution in [0.2, 0.25) is 0 Å². The molecule has 2 fully saturated rings. The monoisotopic (exact) mass is 316 g/mol. The molecule has 0 aromatic heterocycles. The van der Waals surface area contributed by atoms with Crippen molar-refractivity contribution in [3.05, 3.63) is 29.8 Å². The largest absolute Gasteiger partial charge is 0.494 e. The molecular formula is C18H24N2O3. The zero-order chi connectivity index (χ0) is 16.2. The van der Waals surface area contributed by atoms with Gasteiger partial charge in [-0.15, -0.1) is 0 Å². The number of hydrogen-bond acceptors (Lipinski definition) is 3. The van der Waals surface area contributed by atoms with Gasteiger partial charge >= 0.3 is 0 Å². The summed E-state index contributed by atoms with van der Waals surface area (Å²) in [5, 5.41) is 0. The van der Waals surface area contributed by atoms with E-state index in [0.717, 1.165) is 24.2 Å². The molecule has 2 aliphatic rings. The van der Waals surface area contributed by atoms with Gasteiger partial charge in [-0.25, -0.2) is 0 Å². The van der Waals surface area contributed by atoms with Crippen molar-refractivity contribution < 1.29 is 14.3 Å². The van der Waals surface area contributed by atoms with Crippen molar-refractivity contribution in [1.82, 2.24) is 9.80 Å². The van der Waals surface area contributed by atoms with Crippen molar-refractivity contribution in [2.75, 3.05) is 32.8 Å². The van der Waals surface area contributed by atoms with E-state index >= 15 is 0 Å². The Morgan fingerprint density at radius 3 is 2.22 bits per heavy atom. The van der Waals surface area contributed by atoms with Crippen molar-refractivity contribution in [3.63, 3.8) is 0 Å². The minimum atomic E-state index is 0.132. The molecular weight excluding hydrogens is 292 g/mol. The van der Waals surface area contributed by atoms with Crippen molar-refractivity contribution in [2.45, 2.75) is 26.2 Å². The summed E-state index contributed by atoms with van der Waals surface area (Å²) in [5.74, 6) is 1.51. The third kappa shape index (κ3) is 4.03. The molecule has 1 aromatic carbocycles. The number of piperazine rings is 1. The second-order valence-corrected chi connectivity index (χ2v) is 6.23. The molecule has 1 saturated heterocycles. The van der Waals surface area contributed by atoms with Crippen LogP contribution in [0.1, 0.15) is 25.3 Å². The lowest BCUT2D eigenvalue weighted by Crippen LogP contribution is -2.51. The summed E-state index contributed by atoms with van der Waals surface area (Å²) < 4.78 is 5.41. The summed E-state index contributed by atoms with van der Waals surface area (Å²) in [6, 6.07) is 7.68. The number of carbonyl (C=O) groups excluding carboxylic acids is 2. The van der Waals surface area contributed by atoms with Crippen molar-refractivity contribution in [3.8, 4) is 5.75 Å². The van der Waals surface area contributed by atoms with E-state index in [0.29, 0.717) is 39.2 Å². The Kier molecular flexibility index (Phi) is 4.84. The van der Waals surface area contributed by atoms with E-state index < -0.39 is 0 Å². The molecule has 1 saturated carbocycles. The Morgan fingerprint density at radius 2 is 1.65 bits per heavy atom. The summed E-state index contributed by atoms with van der Waals surface area (Å²) in [6.07, 6.45) is 2.48. The van der Waals surface area contributed by atoms with Gasteiger partial charge in [0, 0.05) is 32.1 Å². The van der Waals surface area contributed by atoms with Gasteiger partial charge in [-0.05, 0) is 37.5 Å². The maximum Gasteiger partial charge on any atom is 0.227 e. The molecule has 1 heterocycles. The summed E-state index contributed by atoms with van der Waals surface area (Å²) >= 11 is 0. The van der Waals surface area contributed by atoms with Gasteiger partial charge in [-0.1, -0.05) is 12.1 Å². The number of rotatable bonds is 5. The Labute approximate surface area is 137 Å². The van der Waals surface area contributed by atoms with Gasteiger partial charge in [0.25, 0.3) is 0 Å². The fraction of sp³-hybridized carbons (Fsp3) is 0.556. The van der Waals surface area contributed by atoms with E-state index in [4.69, 9.17) is 4.74 Å². The van der Waals surface area contributed by atoms with Gasteiger partial charge in [0.15, 0.2) is 0 Å². The SMILES string of the molecule is CCOc1ccc(CC(=O)N2CCN(C(=O)C3CC3)CC2)cc1. The maximum absolute atomic E-state index is 12.4. The quantitative estimate of drug-likeness (QED) is 0.831. The first-order chi connectivity index (χ1) is 11.2. The molecule has 0 spiro atoms. The first-order valence-electron chi connectivity index (χ1n) is 8.45. The summed E-state index contributed by atoms with van der Waals surface area (Å²) in [7, 11) is 0. The Hall–Kier alpha value is -2.04. The standard InChI is InChI=1S/C18H24N2O3/c1-2-23-16-7-3-14(4-8-16)13-17(21)19-9-11-20(12-10-19)18(22)15-5-6-15/h3-4,7-8,15H,2,5-6,9-13H2,1H3. The third-order valence-electron chi connectivity index (χ3n) is 4.46. The fourth-order valence-corrected chi connectivity index (χ4v) is 2.92. The molecule has 2 amide bonds. The first-order valence-corrected chi connectivity index (χ1v) is 8.45. The predicted molar refractivity (Wildman–Crippen MR) is 87.2 cm³/mol. The van der Waals surface area contributed by atoms with Gasteiger partial charge in [-0.2, -0.15) is 0 Å². The molecule has 124 valence electrons. The molecule has 0 atom stereocenters. The van der Waals surface area contributed by atoms with Crippen molar-refractivity contribution in [1.29, 1.82) is 0 Å². The van der Waals surface area contributed by atoms with Crippen LogP contribution in [0, 0.1) is 5.92 Å². The average Bonchev–Trinajstić information content (AvgIpc) is 3.41. The Balaban J connectivity index is 1.48. The van der Waals surface area contributed by atoms with Crippen molar-refractivity contribution >= 4 is 11.8 Å². The smallest absolute Gasteiger partial charge is 0.227 e. The molecule has 1 aliphatic carbocycles. The van der Waals surface area contributed by atoms with Gasteiger partial charge in [0.1, 0.15) is 5.75 Å². The molecule has 0 N–H and O–H groups in total. The molecule has 5 nitrogen and oxygen atoms in total. The molecule has 5 heteroatoms. The minimum Gasteiger partial charge on any atom is -0.494 e. The molecule has 1 aromatic rings. The highest BCUT2D eigenvalue weighted by atomic mass is 16.5. The van der Waals surface area contributed by atoms with E-state index in [-0.39, 0.29) is 17.7 Å². The van der Waals surface area contributed by atoms with Crippen LogP contribution in [0.3, 0.4) is 0 Å². The van der Waals surface area contributed by atoms with E-state index in [1.54, 1.807) is 0 Å². The summed E-state index contributed by atoms with van der Waals surface area (Å²) in [5.41, 5.74) is 0.995. The van der Waals surface area contributed by atoms with Crippen LogP contribution in [0.5, 0.6) is 5.75 Å². The van der Waals surface area contributed by atoms with Gasteiger partial charge in [-0.3, -0.25) is 9.59 Å². The van der Waals surface area contributed by atoms with Crippen LogP contribution in [-0.4, -0.2) is 54.4 Å². The zero-order valence-electron chi connectivity index (χ0n) is 13.7. The number of ether oxygens (including phenoxy) is 1. The van der Waals surface area contributed by atoms with E-state index in [2.05, 4.69) is 0 Å². The number of benzene rings is 1. The van der Waals surface area contributed by atoms with Crippen LogP contribution < -0.4 is 4.74 Å². The summed E-state index contributed by atoms with van der Waals surface area (Å²) in [6.45, 7) is 5.23. The lowest BCUT2D eigenvalue weighted by Gasteiger charge is -2.35. The van der Waals surface area contributed by atoms with Crippen LogP contribution in [0.4, 0.5) is 0 Å². The molecule has 0 unspecified atom stereocenters. The fourth-order valence-electron chi connectivity index (χ4n) is 2.92. The predicted octanol–water partition coefficient (Wildman–Crippen LogP) is 1.71. The van der Waals surface area contributed by atoms with Crippen molar-refractivity contribution in [2.24, 2.45) is 5.92 Å². The van der Waals surface area contributed by atoms with Crippen LogP contribution in [-0.2, 0) is 16.0 Å². The molecule has 23 heavy (non-hydrogen) atoms. The van der Waals surface area contributed by atoms with E-state index in [9.17, 15) is 9.59 Å². The van der Waals surface area contributed by atoms with Gasteiger partial charge < -0.3 is 14.5 Å². The minimum absolute atomic E-state index is 0.132. The van der Waals surface area contributed by atoms with Crippen LogP contribution in [0.15, 0.2) is 24.3 Å². The number of amides is 2. The second kappa shape index (κ2) is 7.02. The lowest BCUT2D eigenvalue weighted by atomic mass is 10.1. The average molecular weight is 316 g/mol. The lowest BCUT2D eigenvalue weighted by molar-refractivity contribution is -0.140. The maximum atomic E-state index is 12.4. The first kappa shape index (κ1) is 15.8. The second-order valence-electron chi connectivity index (χ2n) is 6.23. The highest BCUT2D eigenvalue weighted by Crippen LogP contribution is 2.31. The number of hydrogen-bond donors (Lipinski definition) is 0. The van der Waals surface area contributed by atoms with Crippen LogP contribution in [0.25, 0.3) is 0 Å². The van der Waals surface area contributed by atoms with Gasteiger partial charge in [0.2, 0.25) is 11.8 Å². The topological polar surface area (TPSA) is 49.9 Å².